The molecule has 8 heteroatoms. The Morgan fingerprint density at radius 3 is 2.54 bits per heavy atom. The number of carbonyl (C=O) groups is 2. The first-order valence-corrected chi connectivity index (χ1v) is 8.37. The van der Waals surface area contributed by atoms with Crippen LogP contribution in [0.3, 0.4) is 0 Å². The van der Waals surface area contributed by atoms with Crippen molar-refractivity contribution in [3.05, 3.63) is 22.2 Å². The highest BCUT2D eigenvalue weighted by atomic mass is 79.9. The van der Waals surface area contributed by atoms with Gasteiger partial charge in [0.05, 0.1) is 12.2 Å². The molecule has 24 heavy (non-hydrogen) atoms. The van der Waals surface area contributed by atoms with Crippen LogP contribution in [0.2, 0.25) is 0 Å². The van der Waals surface area contributed by atoms with Crippen LogP contribution in [0, 0.1) is 0 Å². The van der Waals surface area contributed by atoms with E-state index < -0.39 is 17.8 Å². The second kappa shape index (κ2) is 6.88. The van der Waals surface area contributed by atoms with Gasteiger partial charge in [0.2, 0.25) is 0 Å². The summed E-state index contributed by atoms with van der Waals surface area (Å²) in [5.74, 6) is 0. The fourth-order valence-corrected chi connectivity index (χ4v) is 2.92. The summed E-state index contributed by atoms with van der Waals surface area (Å²) in [5.41, 5.74) is 1.76. The minimum atomic E-state index is -0.941. The normalized spacial score (nSPS) is 14.7. The second-order valence-electron chi connectivity index (χ2n) is 6.71. The fraction of sp³-hybridized carbons (Fsp3) is 0.500. The molecular weight excluding hydrogens is 378 g/mol. The van der Waals surface area contributed by atoms with Crippen molar-refractivity contribution in [2.24, 2.45) is 0 Å². The van der Waals surface area contributed by atoms with Crippen molar-refractivity contribution in [1.29, 1.82) is 0 Å². The van der Waals surface area contributed by atoms with Crippen LogP contribution in [-0.2, 0) is 11.3 Å². The quantitative estimate of drug-likeness (QED) is 0.751. The lowest BCUT2D eigenvalue weighted by molar-refractivity contribution is 0.0635. The maximum Gasteiger partial charge on any atom is 0.412 e. The zero-order chi connectivity index (χ0) is 18.1. The number of hydrogen-bond acceptors (Lipinski definition) is 4. The number of likely N-dealkylation sites (N-methyl/N-ethyl adjacent to an activating group) is 1. The van der Waals surface area contributed by atoms with Gasteiger partial charge in [0.25, 0.3) is 0 Å². The molecule has 0 aliphatic carbocycles. The number of ether oxygens (including phenoxy) is 1. The van der Waals surface area contributed by atoms with Crippen LogP contribution in [-0.4, -0.2) is 47.9 Å². The average Bonchev–Trinajstić information content (AvgIpc) is 2.57. The molecule has 2 N–H and O–H groups in total. The van der Waals surface area contributed by atoms with Crippen molar-refractivity contribution >= 4 is 39.5 Å². The van der Waals surface area contributed by atoms with E-state index in [2.05, 4.69) is 21.2 Å². The summed E-state index contributed by atoms with van der Waals surface area (Å²) in [6.07, 6.45) is -1.48. The van der Waals surface area contributed by atoms with Crippen LogP contribution in [0.25, 0.3) is 0 Å². The zero-order valence-corrected chi connectivity index (χ0v) is 15.8. The van der Waals surface area contributed by atoms with Gasteiger partial charge in [-0.3, -0.25) is 5.32 Å². The van der Waals surface area contributed by atoms with E-state index in [1.54, 1.807) is 20.8 Å². The van der Waals surface area contributed by atoms with Crippen molar-refractivity contribution in [2.75, 3.05) is 30.4 Å². The number of nitrogens with one attached hydrogen (secondary N) is 1. The molecule has 0 aromatic heterocycles. The summed E-state index contributed by atoms with van der Waals surface area (Å²) in [6.45, 7) is 6.70. The van der Waals surface area contributed by atoms with E-state index in [0.29, 0.717) is 29.8 Å². The molecule has 1 aromatic carbocycles. The number of rotatable bonds is 1. The van der Waals surface area contributed by atoms with Gasteiger partial charge < -0.3 is 19.6 Å². The molecule has 132 valence electrons. The minimum absolute atomic E-state index is 0.306. The highest BCUT2D eigenvalue weighted by Crippen LogP contribution is 2.34. The largest absolute Gasteiger partial charge is 0.465 e. The molecule has 0 fully saturated rings. The van der Waals surface area contributed by atoms with Gasteiger partial charge in [-0.15, -0.1) is 0 Å². The van der Waals surface area contributed by atoms with Gasteiger partial charge in [-0.25, -0.2) is 9.59 Å². The molecule has 1 aliphatic rings. The van der Waals surface area contributed by atoms with E-state index in [0.717, 1.165) is 11.3 Å². The molecule has 1 aliphatic heterocycles. The number of carbonyl (C=O) groups excluding carboxylic acids is 1. The summed E-state index contributed by atoms with van der Waals surface area (Å²) in [7, 11) is 1.90. The Labute approximate surface area is 149 Å². The monoisotopic (exact) mass is 399 g/mol. The van der Waals surface area contributed by atoms with Crippen LogP contribution in [0.4, 0.5) is 21.0 Å². The Kier molecular flexibility index (Phi) is 5.27. The first-order valence-electron chi connectivity index (χ1n) is 7.58. The lowest BCUT2D eigenvalue weighted by Gasteiger charge is -2.22. The number of benzene rings is 1. The molecule has 0 radical (unpaired) electrons. The number of fused-ring (bicyclic) bond motifs is 1. The number of carboxylic acid groups (broad SMARTS) is 1. The molecule has 2 rings (SSSR count). The van der Waals surface area contributed by atoms with Crippen LogP contribution >= 0.6 is 15.9 Å². The molecule has 0 saturated heterocycles. The number of hydrogen-bond donors (Lipinski definition) is 2. The topological polar surface area (TPSA) is 82.1 Å². The summed E-state index contributed by atoms with van der Waals surface area (Å²) < 4.78 is 5.94. The number of anilines is 2. The Bertz CT molecular complexity index is 657. The van der Waals surface area contributed by atoms with Crippen LogP contribution < -0.4 is 10.2 Å². The van der Waals surface area contributed by atoms with Gasteiger partial charge in [0.15, 0.2) is 0 Å². The Hall–Kier alpha value is -1.96. The molecule has 0 atom stereocenters. The summed E-state index contributed by atoms with van der Waals surface area (Å²) in [4.78, 5) is 26.6. The standard InChI is InChI=1S/C16H22BrN3O4/c1-16(2,3)24-14(21)18-12-8-13-10(7-11(12)17)9-20(15(22)23)6-5-19(13)4/h7-8H,5-6,9H2,1-4H3,(H,18,21)(H,22,23). The van der Waals surface area contributed by atoms with Gasteiger partial charge >= 0.3 is 12.2 Å². The first-order chi connectivity index (χ1) is 11.1. The van der Waals surface area contributed by atoms with Gasteiger partial charge in [0, 0.05) is 30.3 Å². The summed E-state index contributed by atoms with van der Waals surface area (Å²) >= 11 is 3.43. The minimum Gasteiger partial charge on any atom is -0.465 e. The molecule has 1 aromatic rings. The molecule has 0 bridgehead atoms. The lowest BCUT2D eigenvalue weighted by Crippen LogP contribution is -2.33. The predicted molar refractivity (Wildman–Crippen MR) is 95.7 cm³/mol. The fourth-order valence-electron chi connectivity index (χ4n) is 2.43. The van der Waals surface area contributed by atoms with Gasteiger partial charge in [-0.2, -0.15) is 0 Å². The average molecular weight is 400 g/mol. The number of nitrogens with zero attached hydrogens (tertiary/aromatic N) is 2. The number of halogens is 1. The summed E-state index contributed by atoms with van der Waals surface area (Å²) in [5, 5.41) is 12.0. The SMILES string of the molecule is CN1CCN(C(=O)O)Cc2cc(Br)c(NC(=O)OC(C)(C)C)cc21. The second-order valence-corrected chi connectivity index (χ2v) is 7.57. The number of amides is 2. The van der Waals surface area contributed by atoms with Gasteiger partial charge in [-0.05, 0) is 54.4 Å². The Morgan fingerprint density at radius 2 is 1.96 bits per heavy atom. The van der Waals surface area contributed by atoms with Crippen LogP contribution in [0.5, 0.6) is 0 Å². The van der Waals surface area contributed by atoms with Crippen molar-refractivity contribution in [2.45, 2.75) is 32.9 Å². The first kappa shape index (κ1) is 18.4. The smallest absolute Gasteiger partial charge is 0.412 e. The maximum atomic E-state index is 12.0. The molecule has 0 spiro atoms. The predicted octanol–water partition coefficient (Wildman–Crippen LogP) is 3.73. The van der Waals surface area contributed by atoms with Crippen LogP contribution in [0.15, 0.2) is 16.6 Å². The zero-order valence-electron chi connectivity index (χ0n) is 14.2. The lowest BCUT2D eigenvalue weighted by atomic mass is 10.1. The van der Waals surface area contributed by atoms with E-state index >= 15 is 0 Å². The molecule has 7 nitrogen and oxygen atoms in total. The van der Waals surface area contributed by atoms with Crippen molar-refractivity contribution in [3.8, 4) is 0 Å². The van der Waals surface area contributed by atoms with Crippen LogP contribution in [0.1, 0.15) is 26.3 Å². The molecule has 0 unspecified atom stereocenters. The van der Waals surface area contributed by atoms with E-state index in [1.165, 1.54) is 4.90 Å². The third-order valence-electron chi connectivity index (χ3n) is 3.55. The molecule has 2 amide bonds. The van der Waals surface area contributed by atoms with Crippen molar-refractivity contribution in [3.63, 3.8) is 0 Å². The highest BCUT2D eigenvalue weighted by molar-refractivity contribution is 9.10. The molecular formula is C16H22BrN3O4. The molecule has 1 heterocycles. The highest BCUT2D eigenvalue weighted by Gasteiger charge is 2.23. The third kappa shape index (κ3) is 4.53. The maximum absolute atomic E-state index is 12.0. The van der Waals surface area contributed by atoms with E-state index in [1.807, 2.05) is 24.1 Å². The Morgan fingerprint density at radius 1 is 1.29 bits per heavy atom. The van der Waals surface area contributed by atoms with Crippen molar-refractivity contribution in [1.82, 2.24) is 4.90 Å². The van der Waals surface area contributed by atoms with Gasteiger partial charge in [0.1, 0.15) is 5.60 Å². The Balaban J connectivity index is 2.28. The van der Waals surface area contributed by atoms with E-state index in [9.17, 15) is 14.7 Å². The van der Waals surface area contributed by atoms with Gasteiger partial charge in [-0.1, -0.05) is 0 Å². The van der Waals surface area contributed by atoms with Crippen molar-refractivity contribution < 1.29 is 19.4 Å². The molecule has 0 saturated carbocycles. The third-order valence-corrected chi connectivity index (χ3v) is 4.21. The van der Waals surface area contributed by atoms with E-state index in [-0.39, 0.29) is 0 Å². The summed E-state index contributed by atoms with van der Waals surface area (Å²) in [6, 6.07) is 3.66. The van der Waals surface area contributed by atoms with E-state index in [4.69, 9.17) is 4.74 Å².